The number of hydrogen-bond donors (Lipinski definition) is 1. The second-order valence-electron chi connectivity index (χ2n) is 3.35. The van der Waals surface area contributed by atoms with E-state index >= 15 is 0 Å². The van der Waals surface area contributed by atoms with E-state index in [1.54, 1.807) is 31.3 Å². The molecule has 0 fully saturated rings. The van der Waals surface area contributed by atoms with Gasteiger partial charge in [-0.2, -0.15) is 0 Å². The Morgan fingerprint density at radius 1 is 1.27 bits per heavy atom. The molecule has 0 aliphatic heterocycles. The first-order valence-corrected chi connectivity index (χ1v) is 5.27. The van der Waals surface area contributed by atoms with E-state index in [1.165, 1.54) is 0 Å². The molecule has 2 rings (SSSR count). The SMILES string of the molecule is CC(O)c1nccc2c(Cl)cc(Cl)cc12. The summed E-state index contributed by atoms with van der Waals surface area (Å²) in [6, 6.07) is 5.25. The molecule has 1 heterocycles. The lowest BCUT2D eigenvalue weighted by molar-refractivity contribution is 0.196. The van der Waals surface area contributed by atoms with Gasteiger partial charge in [-0.15, -0.1) is 0 Å². The Morgan fingerprint density at radius 2 is 2.00 bits per heavy atom. The van der Waals surface area contributed by atoms with Crippen LogP contribution in [0.5, 0.6) is 0 Å². The van der Waals surface area contributed by atoms with Crippen LogP contribution >= 0.6 is 23.2 Å². The molecule has 0 saturated carbocycles. The van der Waals surface area contributed by atoms with Crippen molar-refractivity contribution in [3.63, 3.8) is 0 Å². The van der Waals surface area contributed by atoms with Gasteiger partial charge in [-0.1, -0.05) is 23.2 Å². The van der Waals surface area contributed by atoms with Gasteiger partial charge in [-0.05, 0) is 25.1 Å². The van der Waals surface area contributed by atoms with Gasteiger partial charge in [-0.25, -0.2) is 0 Å². The van der Waals surface area contributed by atoms with Crippen molar-refractivity contribution >= 4 is 34.0 Å². The van der Waals surface area contributed by atoms with E-state index in [0.29, 0.717) is 15.7 Å². The fourth-order valence-corrected chi connectivity index (χ4v) is 2.12. The second kappa shape index (κ2) is 3.97. The molecule has 0 aliphatic carbocycles. The number of nitrogens with zero attached hydrogens (tertiary/aromatic N) is 1. The Kier molecular flexibility index (Phi) is 2.83. The van der Waals surface area contributed by atoms with Gasteiger partial charge in [-0.3, -0.25) is 4.98 Å². The predicted molar refractivity (Wildman–Crippen MR) is 62.4 cm³/mol. The summed E-state index contributed by atoms with van der Waals surface area (Å²) >= 11 is 12.0. The first-order valence-electron chi connectivity index (χ1n) is 4.51. The van der Waals surface area contributed by atoms with Crippen LogP contribution in [0.15, 0.2) is 24.4 Å². The van der Waals surface area contributed by atoms with Crippen molar-refractivity contribution in [2.24, 2.45) is 0 Å². The molecule has 2 nitrogen and oxygen atoms in total. The van der Waals surface area contributed by atoms with Gasteiger partial charge in [0.2, 0.25) is 0 Å². The van der Waals surface area contributed by atoms with E-state index in [0.717, 1.165) is 10.8 Å². The minimum atomic E-state index is -0.636. The summed E-state index contributed by atoms with van der Waals surface area (Å²) in [5.41, 5.74) is 0.594. The molecule has 0 amide bonds. The summed E-state index contributed by atoms with van der Waals surface area (Å²) in [5.74, 6) is 0. The smallest absolute Gasteiger partial charge is 0.0938 e. The zero-order chi connectivity index (χ0) is 11.0. The van der Waals surface area contributed by atoms with E-state index < -0.39 is 6.10 Å². The predicted octanol–water partition coefficient (Wildman–Crippen LogP) is 3.59. The summed E-state index contributed by atoms with van der Waals surface area (Å²) in [5, 5.41) is 12.3. The number of aliphatic hydroxyl groups is 1. The van der Waals surface area contributed by atoms with Gasteiger partial charge < -0.3 is 5.11 Å². The molecule has 0 bridgehead atoms. The summed E-state index contributed by atoms with van der Waals surface area (Å²) in [6.45, 7) is 1.66. The van der Waals surface area contributed by atoms with Crippen LogP contribution in [0.2, 0.25) is 10.0 Å². The topological polar surface area (TPSA) is 33.1 Å². The molecular formula is C11H9Cl2NO. The first kappa shape index (κ1) is 10.7. The highest BCUT2D eigenvalue weighted by Gasteiger charge is 2.10. The monoisotopic (exact) mass is 241 g/mol. The number of aromatic nitrogens is 1. The average Bonchev–Trinajstić information content (AvgIpc) is 2.16. The lowest BCUT2D eigenvalue weighted by Crippen LogP contribution is -1.96. The molecule has 0 saturated heterocycles. The standard InChI is InChI=1S/C11H9Cl2NO/c1-6(15)11-9-4-7(12)5-10(13)8(9)2-3-14-11/h2-6,15H,1H3. The summed E-state index contributed by atoms with van der Waals surface area (Å²) < 4.78 is 0. The zero-order valence-electron chi connectivity index (χ0n) is 8.04. The van der Waals surface area contributed by atoms with E-state index in [2.05, 4.69) is 4.98 Å². The highest BCUT2D eigenvalue weighted by atomic mass is 35.5. The third kappa shape index (κ3) is 1.93. The number of benzene rings is 1. The number of pyridine rings is 1. The maximum Gasteiger partial charge on any atom is 0.0938 e. The number of fused-ring (bicyclic) bond motifs is 1. The molecule has 1 N–H and O–H groups in total. The average molecular weight is 242 g/mol. The Hall–Kier alpha value is -0.830. The normalized spacial score (nSPS) is 13.1. The fourth-order valence-electron chi connectivity index (χ4n) is 1.56. The molecule has 0 radical (unpaired) electrons. The Bertz CT molecular complexity index is 511. The molecule has 1 atom stereocenters. The molecule has 0 aliphatic rings. The summed E-state index contributed by atoms with van der Waals surface area (Å²) in [6.07, 6.45) is 0.993. The number of halogens is 2. The Morgan fingerprint density at radius 3 is 2.67 bits per heavy atom. The van der Waals surface area contributed by atoms with Crippen molar-refractivity contribution in [2.45, 2.75) is 13.0 Å². The van der Waals surface area contributed by atoms with Crippen LogP contribution in [-0.4, -0.2) is 10.1 Å². The van der Waals surface area contributed by atoms with E-state index in [1.807, 2.05) is 0 Å². The van der Waals surface area contributed by atoms with Crippen molar-refractivity contribution < 1.29 is 5.11 Å². The van der Waals surface area contributed by atoms with Gasteiger partial charge in [0.1, 0.15) is 0 Å². The van der Waals surface area contributed by atoms with Crippen LogP contribution in [0.4, 0.5) is 0 Å². The van der Waals surface area contributed by atoms with Crippen molar-refractivity contribution in [2.75, 3.05) is 0 Å². The lowest BCUT2D eigenvalue weighted by atomic mass is 10.1. The fraction of sp³-hybridized carbons (Fsp3) is 0.182. The van der Waals surface area contributed by atoms with Crippen LogP contribution < -0.4 is 0 Å². The lowest BCUT2D eigenvalue weighted by Gasteiger charge is -2.09. The highest BCUT2D eigenvalue weighted by Crippen LogP contribution is 2.31. The molecule has 2 aromatic rings. The van der Waals surface area contributed by atoms with Crippen LogP contribution in [0.25, 0.3) is 10.8 Å². The summed E-state index contributed by atoms with van der Waals surface area (Å²) in [7, 11) is 0. The molecule has 78 valence electrons. The van der Waals surface area contributed by atoms with Gasteiger partial charge >= 0.3 is 0 Å². The van der Waals surface area contributed by atoms with Crippen molar-refractivity contribution in [3.8, 4) is 0 Å². The number of rotatable bonds is 1. The quantitative estimate of drug-likeness (QED) is 0.828. The van der Waals surface area contributed by atoms with Gasteiger partial charge in [0.15, 0.2) is 0 Å². The molecule has 1 aromatic carbocycles. The third-order valence-corrected chi connectivity index (χ3v) is 2.75. The minimum Gasteiger partial charge on any atom is -0.387 e. The van der Waals surface area contributed by atoms with Crippen molar-refractivity contribution in [3.05, 3.63) is 40.1 Å². The van der Waals surface area contributed by atoms with Crippen molar-refractivity contribution in [1.29, 1.82) is 0 Å². The maximum absolute atomic E-state index is 9.55. The van der Waals surface area contributed by atoms with Gasteiger partial charge in [0, 0.05) is 27.0 Å². The molecule has 15 heavy (non-hydrogen) atoms. The molecular weight excluding hydrogens is 233 g/mol. The maximum atomic E-state index is 9.55. The first-order chi connectivity index (χ1) is 7.09. The Labute approximate surface area is 97.5 Å². The molecule has 4 heteroatoms. The van der Waals surface area contributed by atoms with Crippen LogP contribution in [0, 0.1) is 0 Å². The van der Waals surface area contributed by atoms with Crippen LogP contribution in [0.1, 0.15) is 18.7 Å². The summed E-state index contributed by atoms with van der Waals surface area (Å²) in [4.78, 5) is 4.12. The van der Waals surface area contributed by atoms with Crippen molar-refractivity contribution in [1.82, 2.24) is 4.98 Å². The van der Waals surface area contributed by atoms with E-state index in [4.69, 9.17) is 23.2 Å². The molecule has 0 spiro atoms. The van der Waals surface area contributed by atoms with Crippen LogP contribution in [-0.2, 0) is 0 Å². The number of hydrogen-bond acceptors (Lipinski definition) is 2. The zero-order valence-corrected chi connectivity index (χ0v) is 9.55. The molecule has 1 unspecified atom stereocenters. The van der Waals surface area contributed by atoms with Gasteiger partial charge in [0.05, 0.1) is 11.8 Å². The third-order valence-electron chi connectivity index (χ3n) is 2.22. The van der Waals surface area contributed by atoms with E-state index in [-0.39, 0.29) is 0 Å². The molecule has 1 aromatic heterocycles. The number of aliphatic hydroxyl groups excluding tert-OH is 1. The van der Waals surface area contributed by atoms with Gasteiger partial charge in [0.25, 0.3) is 0 Å². The highest BCUT2D eigenvalue weighted by molar-refractivity contribution is 6.38. The largest absolute Gasteiger partial charge is 0.387 e. The second-order valence-corrected chi connectivity index (χ2v) is 4.20. The van der Waals surface area contributed by atoms with Crippen LogP contribution in [0.3, 0.4) is 0 Å². The van der Waals surface area contributed by atoms with E-state index in [9.17, 15) is 5.11 Å². The Balaban J connectivity index is 2.85. The minimum absolute atomic E-state index is 0.544.